The van der Waals surface area contributed by atoms with E-state index in [0.717, 1.165) is 11.3 Å². The monoisotopic (exact) mass is 423 g/mol. The second-order valence-electron chi connectivity index (χ2n) is 7.25. The summed E-state index contributed by atoms with van der Waals surface area (Å²) in [5.41, 5.74) is 2.08. The van der Waals surface area contributed by atoms with Gasteiger partial charge in [0.05, 0.1) is 23.6 Å². The highest BCUT2D eigenvalue weighted by Gasteiger charge is 2.33. The van der Waals surface area contributed by atoms with Crippen LogP contribution in [0.4, 0.5) is 5.69 Å². The van der Waals surface area contributed by atoms with Crippen LogP contribution in [0.2, 0.25) is 0 Å². The largest absolute Gasteiger partial charge is 0.463 e. The summed E-state index contributed by atoms with van der Waals surface area (Å²) in [6.45, 7) is 7.47. The van der Waals surface area contributed by atoms with Crippen LogP contribution >= 0.6 is 23.8 Å². The number of ether oxygens (including phenoxy) is 1. The maximum Gasteiger partial charge on any atom is 0.338 e. The van der Waals surface area contributed by atoms with Crippen LogP contribution in [0, 0.1) is 5.41 Å². The van der Waals surface area contributed by atoms with E-state index < -0.39 is 11.5 Å². The minimum absolute atomic E-state index is 0.156. The summed E-state index contributed by atoms with van der Waals surface area (Å²) >= 11 is 11.2. The van der Waals surface area contributed by atoms with Crippen LogP contribution in [-0.2, 0) is 14.3 Å². The van der Waals surface area contributed by atoms with Gasteiger partial charge < -0.3 is 20.3 Å². The predicted octanol–water partition coefficient (Wildman–Crippen LogP) is 3.59. The van der Waals surface area contributed by atoms with Crippen LogP contribution in [0.1, 0.15) is 39.3 Å². The van der Waals surface area contributed by atoms with Crippen molar-refractivity contribution in [1.29, 1.82) is 0 Å². The molecule has 0 saturated heterocycles. The summed E-state index contributed by atoms with van der Waals surface area (Å²) < 4.78 is 5.24. The molecule has 152 valence electrons. The van der Waals surface area contributed by atoms with Crippen LogP contribution in [0.25, 0.3) is 0 Å². The number of nitrogens with one attached hydrogen (secondary N) is 2. The minimum atomic E-state index is -0.668. The molecule has 2 N–H and O–H groups in total. The van der Waals surface area contributed by atoms with E-state index in [-0.39, 0.29) is 24.4 Å². The Hall–Kier alpha value is -2.12. The Labute approximate surface area is 176 Å². The molecular weight excluding hydrogens is 398 g/mol. The lowest BCUT2D eigenvalue weighted by molar-refractivity contribution is -0.139. The number of hydrogen-bond acceptors (Lipinski definition) is 4. The van der Waals surface area contributed by atoms with E-state index in [1.807, 2.05) is 19.1 Å². The number of halogens is 1. The Bertz CT molecular complexity index is 805. The number of anilines is 1. The van der Waals surface area contributed by atoms with Gasteiger partial charge in [0.2, 0.25) is 5.91 Å². The quantitative estimate of drug-likeness (QED) is 0.414. The molecule has 1 amide bonds. The molecule has 0 spiro atoms. The molecule has 1 aromatic carbocycles. The summed E-state index contributed by atoms with van der Waals surface area (Å²) in [6.07, 6.45) is 0. The van der Waals surface area contributed by atoms with Gasteiger partial charge in [-0.2, -0.15) is 0 Å². The minimum Gasteiger partial charge on any atom is -0.463 e. The van der Waals surface area contributed by atoms with Crippen LogP contribution in [0.5, 0.6) is 0 Å². The number of allylic oxidation sites excluding steroid dienone is 1. The number of nitrogens with zero attached hydrogens (tertiary/aromatic N) is 1. The lowest BCUT2D eigenvalue weighted by Gasteiger charge is -2.35. The normalized spacial score (nSPS) is 17.3. The molecule has 0 aliphatic carbocycles. The van der Waals surface area contributed by atoms with Crippen LogP contribution in [0.15, 0.2) is 35.5 Å². The molecule has 8 heteroatoms. The van der Waals surface area contributed by atoms with Crippen molar-refractivity contribution >= 4 is 46.5 Å². The zero-order valence-corrected chi connectivity index (χ0v) is 18.3. The molecule has 1 heterocycles. The molecule has 0 fully saturated rings. The second-order valence-corrected chi connectivity index (χ2v) is 7.91. The number of alkyl halides is 1. The SMILES string of the molecule is CCOC(=O)C1=C(C)N(C)C(=S)N[C@@H]1c1ccc(NC(=O)C(C)(C)CCl)cc1. The molecule has 0 unspecified atom stereocenters. The third kappa shape index (κ3) is 4.64. The number of amides is 1. The molecule has 1 atom stereocenters. The number of carbonyl (C=O) groups excluding carboxylic acids is 2. The molecule has 1 aromatic rings. The topological polar surface area (TPSA) is 70.7 Å². The van der Waals surface area contributed by atoms with Crippen molar-refractivity contribution in [2.24, 2.45) is 5.41 Å². The van der Waals surface area contributed by atoms with Gasteiger partial charge in [-0.25, -0.2) is 4.79 Å². The molecule has 1 aliphatic rings. The summed E-state index contributed by atoms with van der Waals surface area (Å²) in [4.78, 5) is 26.6. The van der Waals surface area contributed by atoms with E-state index in [0.29, 0.717) is 16.4 Å². The summed E-state index contributed by atoms with van der Waals surface area (Å²) in [5.74, 6) is -0.314. The zero-order chi connectivity index (χ0) is 21.1. The molecule has 0 radical (unpaired) electrons. The third-order valence-corrected chi connectivity index (χ3v) is 5.76. The lowest BCUT2D eigenvalue weighted by Crippen LogP contribution is -2.46. The molecular formula is C20H26ClN3O3S. The molecule has 1 aliphatic heterocycles. The van der Waals surface area contributed by atoms with Gasteiger partial charge in [0.25, 0.3) is 0 Å². The Morgan fingerprint density at radius 1 is 1.32 bits per heavy atom. The van der Waals surface area contributed by atoms with Crippen LogP contribution in [-0.4, -0.2) is 41.4 Å². The van der Waals surface area contributed by atoms with Crippen LogP contribution < -0.4 is 10.6 Å². The maximum absolute atomic E-state index is 12.5. The highest BCUT2D eigenvalue weighted by Crippen LogP contribution is 2.31. The van der Waals surface area contributed by atoms with Gasteiger partial charge in [0.15, 0.2) is 5.11 Å². The summed E-state index contributed by atoms with van der Waals surface area (Å²) in [5, 5.41) is 6.58. The van der Waals surface area contributed by atoms with Crippen molar-refractivity contribution < 1.29 is 14.3 Å². The van der Waals surface area contributed by atoms with E-state index in [1.54, 1.807) is 44.9 Å². The second kappa shape index (κ2) is 8.92. The standard InChI is InChI=1S/C20H26ClN3O3S/c1-6-27-17(25)15-12(2)24(5)19(28)23-16(15)13-7-9-14(10-8-13)22-18(26)20(3,4)11-21/h7-10,16H,6,11H2,1-5H3,(H,22,26)(H,23,28)/t16-/m1/s1. The molecule has 0 bridgehead atoms. The van der Waals surface area contributed by atoms with Gasteiger partial charge in [-0.05, 0) is 57.6 Å². The first kappa shape index (κ1) is 22.2. The molecule has 2 rings (SSSR count). The molecule has 0 saturated carbocycles. The van der Waals surface area contributed by atoms with Gasteiger partial charge in [-0.15, -0.1) is 11.6 Å². The number of esters is 1. The fourth-order valence-electron chi connectivity index (χ4n) is 2.68. The van der Waals surface area contributed by atoms with E-state index in [2.05, 4.69) is 10.6 Å². The van der Waals surface area contributed by atoms with E-state index in [1.165, 1.54) is 0 Å². The van der Waals surface area contributed by atoms with Crippen molar-refractivity contribution in [3.05, 3.63) is 41.1 Å². The smallest absolute Gasteiger partial charge is 0.338 e. The highest BCUT2D eigenvalue weighted by atomic mass is 35.5. The third-order valence-electron chi connectivity index (χ3n) is 4.70. The first-order valence-electron chi connectivity index (χ1n) is 9.01. The Morgan fingerprint density at radius 2 is 1.93 bits per heavy atom. The number of hydrogen-bond donors (Lipinski definition) is 2. The predicted molar refractivity (Wildman–Crippen MR) is 115 cm³/mol. The Morgan fingerprint density at radius 3 is 2.46 bits per heavy atom. The molecule has 6 nitrogen and oxygen atoms in total. The van der Waals surface area contributed by atoms with Gasteiger partial charge >= 0.3 is 5.97 Å². The molecule has 28 heavy (non-hydrogen) atoms. The number of thiocarbonyl (C=S) groups is 1. The van der Waals surface area contributed by atoms with E-state index >= 15 is 0 Å². The Kier molecular flexibility index (Phi) is 7.06. The molecule has 0 aromatic heterocycles. The van der Waals surface area contributed by atoms with Crippen LogP contribution in [0.3, 0.4) is 0 Å². The number of benzene rings is 1. The average Bonchev–Trinajstić information content (AvgIpc) is 2.66. The van der Waals surface area contributed by atoms with Crippen molar-refractivity contribution in [3.8, 4) is 0 Å². The summed E-state index contributed by atoms with van der Waals surface area (Å²) in [6, 6.07) is 6.85. The number of rotatable bonds is 6. The fourth-order valence-corrected chi connectivity index (χ4v) is 3.05. The van der Waals surface area contributed by atoms with E-state index in [4.69, 9.17) is 28.6 Å². The fraction of sp³-hybridized carbons (Fsp3) is 0.450. The van der Waals surface area contributed by atoms with Gasteiger partial charge in [0.1, 0.15) is 0 Å². The Balaban J connectivity index is 2.31. The zero-order valence-electron chi connectivity index (χ0n) is 16.8. The lowest BCUT2D eigenvalue weighted by atomic mass is 9.94. The van der Waals surface area contributed by atoms with Crippen molar-refractivity contribution in [2.75, 3.05) is 24.9 Å². The van der Waals surface area contributed by atoms with Crippen molar-refractivity contribution in [1.82, 2.24) is 10.2 Å². The summed E-state index contributed by atoms with van der Waals surface area (Å²) in [7, 11) is 1.80. The first-order chi connectivity index (χ1) is 13.1. The van der Waals surface area contributed by atoms with Gasteiger partial charge in [0, 0.05) is 24.3 Å². The highest BCUT2D eigenvalue weighted by molar-refractivity contribution is 7.80. The average molecular weight is 424 g/mol. The van der Waals surface area contributed by atoms with Crippen molar-refractivity contribution in [3.63, 3.8) is 0 Å². The number of carbonyl (C=O) groups is 2. The first-order valence-corrected chi connectivity index (χ1v) is 9.96. The van der Waals surface area contributed by atoms with Gasteiger partial charge in [-0.1, -0.05) is 12.1 Å². The van der Waals surface area contributed by atoms with E-state index in [9.17, 15) is 9.59 Å². The van der Waals surface area contributed by atoms with Crippen molar-refractivity contribution in [2.45, 2.75) is 33.7 Å². The maximum atomic E-state index is 12.5. The van der Waals surface area contributed by atoms with Gasteiger partial charge in [-0.3, -0.25) is 4.79 Å².